The molecular formula is C12H13N3O. The Bertz CT molecular complexity index is 451. The molecule has 82 valence electrons. The Kier molecular flexibility index (Phi) is 3.00. The average Bonchev–Trinajstić information content (AvgIpc) is 2.32. The molecule has 0 atom stereocenters. The molecule has 1 aromatic heterocycles. The first kappa shape index (κ1) is 10.4. The molecule has 0 fully saturated rings. The maximum atomic E-state index is 5.52. The van der Waals surface area contributed by atoms with Crippen molar-refractivity contribution in [3.8, 4) is 17.1 Å². The van der Waals surface area contributed by atoms with Crippen molar-refractivity contribution in [2.75, 3.05) is 12.3 Å². The van der Waals surface area contributed by atoms with Crippen LogP contribution in [0.2, 0.25) is 0 Å². The van der Waals surface area contributed by atoms with E-state index < -0.39 is 0 Å². The Balaban J connectivity index is 2.24. The third-order valence-corrected chi connectivity index (χ3v) is 2.10. The van der Waals surface area contributed by atoms with E-state index in [2.05, 4.69) is 9.97 Å². The highest BCUT2D eigenvalue weighted by molar-refractivity contribution is 5.56. The Hall–Kier alpha value is -2.10. The van der Waals surface area contributed by atoms with Gasteiger partial charge < -0.3 is 10.5 Å². The molecule has 4 heteroatoms. The molecule has 0 saturated carbocycles. The lowest BCUT2D eigenvalue weighted by atomic mass is 10.2. The smallest absolute Gasteiger partial charge is 0.159 e. The first-order valence-electron chi connectivity index (χ1n) is 5.10. The van der Waals surface area contributed by atoms with Crippen molar-refractivity contribution in [3.05, 3.63) is 36.7 Å². The number of nitrogen functional groups attached to an aromatic ring is 1. The summed E-state index contributed by atoms with van der Waals surface area (Å²) in [5.74, 6) is 1.51. The zero-order valence-electron chi connectivity index (χ0n) is 9.05. The molecule has 4 nitrogen and oxygen atoms in total. The highest BCUT2D eigenvalue weighted by Gasteiger charge is 2.00. The fourth-order valence-electron chi connectivity index (χ4n) is 1.35. The van der Waals surface area contributed by atoms with Crippen LogP contribution >= 0.6 is 0 Å². The number of rotatable bonds is 3. The van der Waals surface area contributed by atoms with Crippen molar-refractivity contribution >= 4 is 5.69 Å². The van der Waals surface area contributed by atoms with Gasteiger partial charge in [0.1, 0.15) is 5.75 Å². The number of hydrogen-bond acceptors (Lipinski definition) is 4. The van der Waals surface area contributed by atoms with Crippen LogP contribution in [0.25, 0.3) is 11.4 Å². The second-order valence-corrected chi connectivity index (χ2v) is 3.30. The predicted octanol–water partition coefficient (Wildman–Crippen LogP) is 2.12. The molecule has 0 spiro atoms. The monoisotopic (exact) mass is 215 g/mol. The Labute approximate surface area is 94.1 Å². The van der Waals surface area contributed by atoms with Gasteiger partial charge in [-0.3, -0.25) is 0 Å². The van der Waals surface area contributed by atoms with Gasteiger partial charge in [-0.25, -0.2) is 9.97 Å². The molecule has 0 amide bonds. The topological polar surface area (TPSA) is 61.0 Å². The lowest BCUT2D eigenvalue weighted by Crippen LogP contribution is -1.93. The van der Waals surface area contributed by atoms with E-state index in [9.17, 15) is 0 Å². The summed E-state index contributed by atoms with van der Waals surface area (Å²) in [4.78, 5) is 8.29. The number of nitrogens with zero attached hydrogens (tertiary/aromatic N) is 2. The third-order valence-electron chi connectivity index (χ3n) is 2.10. The van der Waals surface area contributed by atoms with Crippen LogP contribution in [0.5, 0.6) is 5.75 Å². The van der Waals surface area contributed by atoms with Crippen molar-refractivity contribution in [2.24, 2.45) is 0 Å². The van der Waals surface area contributed by atoms with Crippen LogP contribution < -0.4 is 10.5 Å². The van der Waals surface area contributed by atoms with Crippen molar-refractivity contribution in [1.82, 2.24) is 9.97 Å². The van der Waals surface area contributed by atoms with Gasteiger partial charge in [0.05, 0.1) is 24.7 Å². The molecule has 1 aromatic carbocycles. The van der Waals surface area contributed by atoms with E-state index in [1.165, 1.54) is 0 Å². The molecule has 0 saturated heterocycles. The van der Waals surface area contributed by atoms with Crippen molar-refractivity contribution < 1.29 is 4.74 Å². The summed E-state index contributed by atoms with van der Waals surface area (Å²) in [6.07, 6.45) is 3.19. The molecule has 0 aliphatic carbocycles. The summed E-state index contributed by atoms with van der Waals surface area (Å²) in [5.41, 5.74) is 7.04. The maximum Gasteiger partial charge on any atom is 0.159 e. The standard InChI is InChI=1S/C12H13N3O/c1-2-16-11-5-3-9(4-6-11)12-14-7-10(13)8-15-12/h3-8H,2,13H2,1H3. The Morgan fingerprint density at radius 3 is 2.31 bits per heavy atom. The SMILES string of the molecule is CCOc1ccc(-c2ncc(N)cn2)cc1. The largest absolute Gasteiger partial charge is 0.494 e. The van der Waals surface area contributed by atoms with Crippen LogP contribution in [0.1, 0.15) is 6.92 Å². The normalized spacial score (nSPS) is 10.1. The number of anilines is 1. The van der Waals surface area contributed by atoms with E-state index in [-0.39, 0.29) is 0 Å². The van der Waals surface area contributed by atoms with Gasteiger partial charge in [-0.05, 0) is 31.2 Å². The highest BCUT2D eigenvalue weighted by atomic mass is 16.5. The van der Waals surface area contributed by atoms with Crippen LogP contribution in [0, 0.1) is 0 Å². The van der Waals surface area contributed by atoms with Crippen molar-refractivity contribution in [1.29, 1.82) is 0 Å². The molecule has 0 aliphatic rings. The van der Waals surface area contributed by atoms with Gasteiger partial charge in [-0.2, -0.15) is 0 Å². The zero-order chi connectivity index (χ0) is 11.4. The molecule has 2 aromatic rings. The van der Waals surface area contributed by atoms with Crippen LogP contribution in [0.4, 0.5) is 5.69 Å². The molecule has 0 radical (unpaired) electrons. The maximum absolute atomic E-state index is 5.52. The first-order chi connectivity index (χ1) is 7.79. The minimum Gasteiger partial charge on any atom is -0.494 e. The van der Waals surface area contributed by atoms with Crippen molar-refractivity contribution in [2.45, 2.75) is 6.92 Å². The molecule has 2 N–H and O–H groups in total. The second-order valence-electron chi connectivity index (χ2n) is 3.30. The molecule has 2 rings (SSSR count). The fraction of sp³-hybridized carbons (Fsp3) is 0.167. The number of ether oxygens (including phenoxy) is 1. The van der Waals surface area contributed by atoms with E-state index >= 15 is 0 Å². The summed E-state index contributed by atoms with van der Waals surface area (Å²) in [6.45, 7) is 2.62. The van der Waals surface area contributed by atoms with E-state index in [0.29, 0.717) is 18.1 Å². The van der Waals surface area contributed by atoms with E-state index in [1.807, 2.05) is 31.2 Å². The summed E-state index contributed by atoms with van der Waals surface area (Å²) in [5, 5.41) is 0. The zero-order valence-corrected chi connectivity index (χ0v) is 9.05. The molecule has 16 heavy (non-hydrogen) atoms. The Morgan fingerprint density at radius 1 is 1.12 bits per heavy atom. The number of aromatic nitrogens is 2. The minimum absolute atomic E-state index is 0.565. The Morgan fingerprint density at radius 2 is 1.75 bits per heavy atom. The van der Waals surface area contributed by atoms with E-state index in [0.717, 1.165) is 11.3 Å². The molecule has 0 unspecified atom stereocenters. The predicted molar refractivity (Wildman–Crippen MR) is 63.0 cm³/mol. The minimum atomic E-state index is 0.565. The van der Waals surface area contributed by atoms with Gasteiger partial charge in [-0.1, -0.05) is 0 Å². The number of nitrogens with two attached hydrogens (primary N) is 1. The number of hydrogen-bond donors (Lipinski definition) is 1. The second kappa shape index (κ2) is 4.61. The number of benzene rings is 1. The van der Waals surface area contributed by atoms with Crippen LogP contribution in [0.3, 0.4) is 0 Å². The first-order valence-corrected chi connectivity index (χ1v) is 5.10. The fourth-order valence-corrected chi connectivity index (χ4v) is 1.35. The van der Waals surface area contributed by atoms with Gasteiger partial charge in [0.15, 0.2) is 5.82 Å². The van der Waals surface area contributed by atoms with Gasteiger partial charge in [-0.15, -0.1) is 0 Å². The lowest BCUT2D eigenvalue weighted by Gasteiger charge is -2.04. The van der Waals surface area contributed by atoms with Gasteiger partial charge in [0.2, 0.25) is 0 Å². The van der Waals surface area contributed by atoms with Crippen LogP contribution in [-0.2, 0) is 0 Å². The van der Waals surface area contributed by atoms with Crippen molar-refractivity contribution in [3.63, 3.8) is 0 Å². The summed E-state index contributed by atoms with van der Waals surface area (Å²) in [7, 11) is 0. The lowest BCUT2D eigenvalue weighted by molar-refractivity contribution is 0.340. The van der Waals surface area contributed by atoms with Crippen LogP contribution in [0.15, 0.2) is 36.7 Å². The van der Waals surface area contributed by atoms with Gasteiger partial charge in [0.25, 0.3) is 0 Å². The summed E-state index contributed by atoms with van der Waals surface area (Å²) in [6, 6.07) is 7.66. The van der Waals surface area contributed by atoms with Gasteiger partial charge in [0, 0.05) is 5.56 Å². The average molecular weight is 215 g/mol. The molecule has 0 bridgehead atoms. The van der Waals surface area contributed by atoms with Gasteiger partial charge >= 0.3 is 0 Å². The molecular weight excluding hydrogens is 202 g/mol. The van der Waals surface area contributed by atoms with E-state index in [4.69, 9.17) is 10.5 Å². The molecule has 0 aliphatic heterocycles. The highest BCUT2D eigenvalue weighted by Crippen LogP contribution is 2.19. The summed E-state index contributed by atoms with van der Waals surface area (Å²) >= 11 is 0. The van der Waals surface area contributed by atoms with E-state index in [1.54, 1.807) is 12.4 Å². The summed E-state index contributed by atoms with van der Waals surface area (Å²) < 4.78 is 5.36. The third kappa shape index (κ3) is 2.28. The molecule has 1 heterocycles. The van der Waals surface area contributed by atoms with Crippen LogP contribution in [-0.4, -0.2) is 16.6 Å². The quantitative estimate of drug-likeness (QED) is 0.851.